The Morgan fingerprint density at radius 3 is 2.71 bits per heavy atom. The molecule has 1 heterocycles. The normalized spacial score (nSPS) is 12.1. The fourth-order valence-corrected chi connectivity index (χ4v) is 1.44. The fraction of sp³-hybridized carbons (Fsp3) is 0.167. The highest BCUT2D eigenvalue weighted by molar-refractivity contribution is 5.94. The standard InChI is InChI=1S/C12H13N3O2/c1-8-7-10(15-17-8)14-12(16)11(13)9-5-3-2-4-6-9/h2-7,11H,13H2,1H3,(H,14,15,16)/t11-/m0/s1. The van der Waals surface area contributed by atoms with Gasteiger partial charge in [0.2, 0.25) is 5.91 Å². The van der Waals surface area contributed by atoms with Gasteiger partial charge >= 0.3 is 0 Å². The van der Waals surface area contributed by atoms with Crippen molar-refractivity contribution in [3.05, 3.63) is 47.7 Å². The number of carbonyl (C=O) groups is 1. The minimum absolute atomic E-state index is 0.315. The summed E-state index contributed by atoms with van der Waals surface area (Å²) in [6.07, 6.45) is 0. The quantitative estimate of drug-likeness (QED) is 0.841. The summed E-state index contributed by atoms with van der Waals surface area (Å²) in [6, 6.07) is 10.1. The Bertz CT molecular complexity index is 507. The van der Waals surface area contributed by atoms with Crippen LogP contribution >= 0.6 is 0 Å². The van der Waals surface area contributed by atoms with Crippen LogP contribution in [0.5, 0.6) is 0 Å². The van der Waals surface area contributed by atoms with E-state index in [0.29, 0.717) is 11.6 Å². The fourth-order valence-electron chi connectivity index (χ4n) is 1.44. The Labute approximate surface area is 98.6 Å². The maximum Gasteiger partial charge on any atom is 0.247 e. The first-order chi connectivity index (χ1) is 8.16. The van der Waals surface area contributed by atoms with Crippen molar-refractivity contribution in [3.63, 3.8) is 0 Å². The van der Waals surface area contributed by atoms with Gasteiger partial charge in [0.15, 0.2) is 5.82 Å². The second-order valence-electron chi connectivity index (χ2n) is 3.70. The third-order valence-electron chi connectivity index (χ3n) is 2.32. The summed E-state index contributed by atoms with van der Waals surface area (Å²) in [5.74, 6) is 0.692. The van der Waals surface area contributed by atoms with Gasteiger partial charge in [0, 0.05) is 6.07 Å². The minimum Gasteiger partial charge on any atom is -0.360 e. The average molecular weight is 231 g/mol. The molecule has 5 heteroatoms. The molecule has 0 aliphatic heterocycles. The van der Waals surface area contributed by atoms with E-state index in [1.165, 1.54) is 0 Å². The number of anilines is 1. The highest BCUT2D eigenvalue weighted by Crippen LogP contribution is 2.13. The number of nitrogens with zero attached hydrogens (tertiary/aromatic N) is 1. The first-order valence-corrected chi connectivity index (χ1v) is 5.21. The van der Waals surface area contributed by atoms with Gasteiger partial charge in [-0.1, -0.05) is 35.5 Å². The number of benzene rings is 1. The van der Waals surface area contributed by atoms with Crippen molar-refractivity contribution in [3.8, 4) is 0 Å². The molecule has 3 N–H and O–H groups in total. The molecule has 0 bridgehead atoms. The van der Waals surface area contributed by atoms with E-state index in [4.69, 9.17) is 10.3 Å². The molecule has 2 rings (SSSR count). The van der Waals surface area contributed by atoms with Crippen molar-refractivity contribution in [1.29, 1.82) is 0 Å². The summed E-state index contributed by atoms with van der Waals surface area (Å²) in [5.41, 5.74) is 6.58. The summed E-state index contributed by atoms with van der Waals surface area (Å²) in [4.78, 5) is 11.8. The number of aryl methyl sites for hydroxylation is 1. The summed E-state index contributed by atoms with van der Waals surface area (Å²) in [6.45, 7) is 1.75. The lowest BCUT2D eigenvalue weighted by Crippen LogP contribution is -2.27. The molecule has 88 valence electrons. The van der Waals surface area contributed by atoms with Crippen LogP contribution in [0.1, 0.15) is 17.4 Å². The number of hydrogen-bond donors (Lipinski definition) is 2. The van der Waals surface area contributed by atoms with Gasteiger partial charge < -0.3 is 15.6 Å². The monoisotopic (exact) mass is 231 g/mol. The van der Waals surface area contributed by atoms with E-state index in [-0.39, 0.29) is 5.91 Å². The van der Waals surface area contributed by atoms with Crippen LogP contribution in [0.4, 0.5) is 5.82 Å². The lowest BCUT2D eigenvalue weighted by molar-refractivity contribution is -0.117. The number of rotatable bonds is 3. The summed E-state index contributed by atoms with van der Waals surface area (Å²) in [5, 5.41) is 6.26. The van der Waals surface area contributed by atoms with Gasteiger partial charge in [0.05, 0.1) is 0 Å². The molecule has 2 aromatic rings. The van der Waals surface area contributed by atoms with Gasteiger partial charge in [-0.25, -0.2) is 0 Å². The summed E-state index contributed by atoms with van der Waals surface area (Å²) >= 11 is 0. The number of carbonyl (C=O) groups excluding carboxylic acids is 1. The molecule has 0 saturated carbocycles. The zero-order valence-electron chi connectivity index (χ0n) is 9.38. The molecule has 1 aromatic carbocycles. The van der Waals surface area contributed by atoms with Crippen LogP contribution in [-0.4, -0.2) is 11.1 Å². The molecule has 0 spiro atoms. The highest BCUT2D eigenvalue weighted by atomic mass is 16.5. The molecule has 0 fully saturated rings. The molecular weight excluding hydrogens is 218 g/mol. The molecule has 0 saturated heterocycles. The van der Waals surface area contributed by atoms with Gasteiger partial charge in [-0.05, 0) is 12.5 Å². The molecule has 1 aromatic heterocycles. The SMILES string of the molecule is Cc1cc(NC(=O)[C@@H](N)c2ccccc2)no1. The van der Waals surface area contributed by atoms with Crippen molar-refractivity contribution < 1.29 is 9.32 Å². The van der Waals surface area contributed by atoms with Crippen molar-refractivity contribution in [2.24, 2.45) is 5.73 Å². The predicted octanol–water partition coefficient (Wildman–Crippen LogP) is 1.62. The van der Waals surface area contributed by atoms with Crippen LogP contribution in [0, 0.1) is 6.92 Å². The van der Waals surface area contributed by atoms with Crippen LogP contribution in [0.25, 0.3) is 0 Å². The van der Waals surface area contributed by atoms with Crippen molar-refractivity contribution in [2.45, 2.75) is 13.0 Å². The predicted molar refractivity (Wildman–Crippen MR) is 63.2 cm³/mol. The third-order valence-corrected chi connectivity index (χ3v) is 2.32. The Morgan fingerprint density at radius 2 is 2.12 bits per heavy atom. The Hall–Kier alpha value is -2.14. The van der Waals surface area contributed by atoms with Crippen molar-refractivity contribution in [2.75, 3.05) is 5.32 Å². The van der Waals surface area contributed by atoms with Crippen LogP contribution in [0.2, 0.25) is 0 Å². The Balaban J connectivity index is 2.06. The molecule has 0 radical (unpaired) electrons. The van der Waals surface area contributed by atoms with Crippen LogP contribution in [0.3, 0.4) is 0 Å². The molecule has 5 nitrogen and oxygen atoms in total. The summed E-state index contributed by atoms with van der Waals surface area (Å²) < 4.78 is 4.85. The number of amides is 1. The summed E-state index contributed by atoms with van der Waals surface area (Å²) in [7, 11) is 0. The van der Waals surface area contributed by atoms with Gasteiger partial charge in [-0.3, -0.25) is 4.79 Å². The van der Waals surface area contributed by atoms with E-state index >= 15 is 0 Å². The van der Waals surface area contributed by atoms with Gasteiger partial charge in [-0.15, -0.1) is 0 Å². The van der Waals surface area contributed by atoms with Crippen molar-refractivity contribution >= 4 is 11.7 Å². The molecule has 0 aliphatic carbocycles. The molecule has 0 unspecified atom stereocenters. The van der Waals surface area contributed by atoms with E-state index in [9.17, 15) is 4.79 Å². The lowest BCUT2D eigenvalue weighted by Gasteiger charge is -2.10. The number of nitrogens with one attached hydrogen (secondary N) is 1. The third kappa shape index (κ3) is 2.70. The van der Waals surface area contributed by atoms with Gasteiger partial charge in [-0.2, -0.15) is 0 Å². The second kappa shape index (κ2) is 4.80. The molecule has 1 amide bonds. The number of nitrogens with two attached hydrogens (primary N) is 1. The van der Waals surface area contributed by atoms with E-state index in [2.05, 4.69) is 10.5 Å². The highest BCUT2D eigenvalue weighted by Gasteiger charge is 2.16. The number of hydrogen-bond acceptors (Lipinski definition) is 4. The maximum atomic E-state index is 11.8. The Kier molecular flexibility index (Phi) is 3.20. The molecular formula is C12H13N3O2. The minimum atomic E-state index is -0.715. The topological polar surface area (TPSA) is 81.2 Å². The molecule has 17 heavy (non-hydrogen) atoms. The van der Waals surface area contributed by atoms with Crippen LogP contribution in [-0.2, 0) is 4.79 Å². The lowest BCUT2D eigenvalue weighted by atomic mass is 10.1. The van der Waals surface area contributed by atoms with E-state index in [1.54, 1.807) is 25.1 Å². The first-order valence-electron chi connectivity index (χ1n) is 5.21. The molecule has 1 atom stereocenters. The van der Waals surface area contributed by atoms with E-state index in [1.807, 2.05) is 18.2 Å². The maximum absolute atomic E-state index is 11.8. The zero-order valence-corrected chi connectivity index (χ0v) is 9.38. The molecule has 0 aliphatic rings. The van der Waals surface area contributed by atoms with E-state index < -0.39 is 6.04 Å². The average Bonchev–Trinajstić information content (AvgIpc) is 2.75. The second-order valence-corrected chi connectivity index (χ2v) is 3.70. The van der Waals surface area contributed by atoms with Gasteiger partial charge in [0.1, 0.15) is 11.8 Å². The largest absolute Gasteiger partial charge is 0.360 e. The first kappa shape index (κ1) is 11.3. The zero-order chi connectivity index (χ0) is 12.3. The smallest absolute Gasteiger partial charge is 0.247 e. The van der Waals surface area contributed by atoms with Crippen molar-refractivity contribution in [1.82, 2.24) is 5.16 Å². The number of aromatic nitrogens is 1. The van der Waals surface area contributed by atoms with E-state index in [0.717, 1.165) is 5.56 Å². The Morgan fingerprint density at radius 1 is 1.41 bits per heavy atom. The van der Waals surface area contributed by atoms with Gasteiger partial charge in [0.25, 0.3) is 0 Å². The van der Waals surface area contributed by atoms with Crippen LogP contribution in [0.15, 0.2) is 40.9 Å². The van der Waals surface area contributed by atoms with Crippen LogP contribution < -0.4 is 11.1 Å².